The van der Waals surface area contributed by atoms with E-state index in [1.54, 1.807) is 4.90 Å². The Kier molecular flexibility index (Phi) is 1.86. The standard InChI is InChI=1S/C20H12N2O/c23-20-14-4-2-1-3-13(14)19-21-15-9-7-11-5-6-12-8-10-16(22(19)20)18(15)17(11)12/h1-4,7-10H,5-6H2. The van der Waals surface area contributed by atoms with Crippen LogP contribution in [0.1, 0.15) is 27.0 Å². The molecule has 6 rings (SSSR count). The molecule has 108 valence electrons. The maximum absolute atomic E-state index is 12.9. The molecule has 0 N–H and O–H groups in total. The minimum absolute atomic E-state index is 0.0312. The molecule has 3 aromatic carbocycles. The highest BCUT2D eigenvalue weighted by molar-refractivity contribution is 6.40. The summed E-state index contributed by atoms with van der Waals surface area (Å²) < 4.78 is 0. The highest BCUT2D eigenvalue weighted by Gasteiger charge is 2.38. The fraction of sp³-hybridized carbons (Fsp3) is 0.100. The van der Waals surface area contributed by atoms with Gasteiger partial charge in [0.15, 0.2) is 0 Å². The number of nitrogens with zero attached hydrogens (tertiary/aromatic N) is 2. The summed E-state index contributed by atoms with van der Waals surface area (Å²) in [7, 11) is 0. The van der Waals surface area contributed by atoms with Crippen molar-refractivity contribution in [3.8, 4) is 0 Å². The van der Waals surface area contributed by atoms with E-state index < -0.39 is 0 Å². The summed E-state index contributed by atoms with van der Waals surface area (Å²) in [6.07, 6.45) is 2.17. The Labute approximate surface area is 132 Å². The number of carbonyl (C=O) groups excluding carboxylic acids is 1. The van der Waals surface area contributed by atoms with Gasteiger partial charge in [-0.2, -0.15) is 0 Å². The summed E-state index contributed by atoms with van der Waals surface area (Å²) in [5, 5.41) is 2.45. The first kappa shape index (κ1) is 11.6. The predicted octanol–water partition coefficient (Wildman–Crippen LogP) is 3.99. The molecule has 0 bridgehead atoms. The molecule has 0 fully saturated rings. The lowest BCUT2D eigenvalue weighted by Crippen LogP contribution is -2.31. The van der Waals surface area contributed by atoms with E-state index in [9.17, 15) is 4.79 Å². The molecule has 0 atom stereocenters. The Morgan fingerprint density at radius 1 is 0.826 bits per heavy atom. The Morgan fingerprint density at radius 2 is 1.57 bits per heavy atom. The van der Waals surface area contributed by atoms with E-state index in [1.165, 1.54) is 16.5 Å². The van der Waals surface area contributed by atoms with E-state index in [0.717, 1.165) is 46.6 Å². The average molecular weight is 296 g/mol. The van der Waals surface area contributed by atoms with Crippen LogP contribution in [0.25, 0.3) is 10.8 Å². The van der Waals surface area contributed by atoms with E-state index in [-0.39, 0.29) is 5.91 Å². The Balaban J connectivity index is 1.77. The van der Waals surface area contributed by atoms with Gasteiger partial charge in [0.2, 0.25) is 0 Å². The van der Waals surface area contributed by atoms with Crippen LogP contribution in [-0.2, 0) is 12.8 Å². The first-order valence-corrected chi connectivity index (χ1v) is 7.93. The molecule has 0 radical (unpaired) electrons. The molecule has 0 spiro atoms. The summed E-state index contributed by atoms with van der Waals surface area (Å²) in [5.74, 6) is 0.794. The van der Waals surface area contributed by atoms with Crippen LogP contribution in [0, 0.1) is 0 Å². The van der Waals surface area contributed by atoms with Gasteiger partial charge < -0.3 is 0 Å². The Morgan fingerprint density at radius 3 is 2.39 bits per heavy atom. The van der Waals surface area contributed by atoms with Gasteiger partial charge in [0.25, 0.3) is 5.91 Å². The monoisotopic (exact) mass is 296 g/mol. The van der Waals surface area contributed by atoms with Crippen LogP contribution in [0.3, 0.4) is 0 Å². The fourth-order valence-electron chi connectivity index (χ4n) is 4.22. The predicted molar refractivity (Wildman–Crippen MR) is 90.8 cm³/mol. The fourth-order valence-corrected chi connectivity index (χ4v) is 4.22. The van der Waals surface area contributed by atoms with Crippen LogP contribution in [0.4, 0.5) is 11.4 Å². The van der Waals surface area contributed by atoms with E-state index in [1.807, 2.05) is 24.3 Å². The summed E-state index contributed by atoms with van der Waals surface area (Å²) >= 11 is 0. The highest BCUT2D eigenvalue weighted by Crippen LogP contribution is 2.47. The molecule has 2 heterocycles. The molecule has 0 saturated heterocycles. The second-order valence-electron chi connectivity index (χ2n) is 6.36. The van der Waals surface area contributed by atoms with Gasteiger partial charge in [-0.1, -0.05) is 30.3 Å². The lowest BCUT2D eigenvalue weighted by atomic mass is 9.99. The van der Waals surface area contributed by atoms with E-state index in [0.29, 0.717) is 0 Å². The molecule has 0 unspecified atom stereocenters. The molecule has 3 heteroatoms. The first-order valence-electron chi connectivity index (χ1n) is 7.93. The van der Waals surface area contributed by atoms with Gasteiger partial charge in [0.05, 0.1) is 16.9 Å². The zero-order valence-corrected chi connectivity index (χ0v) is 12.3. The smallest absolute Gasteiger partial charge is 0.264 e. The van der Waals surface area contributed by atoms with Gasteiger partial charge >= 0.3 is 0 Å². The number of rotatable bonds is 0. The molecular formula is C20H12N2O. The number of benzene rings is 3. The maximum atomic E-state index is 12.9. The third-order valence-corrected chi connectivity index (χ3v) is 5.23. The topological polar surface area (TPSA) is 32.7 Å². The molecule has 3 nitrogen and oxygen atoms in total. The van der Waals surface area contributed by atoms with Crippen LogP contribution in [-0.4, -0.2) is 11.7 Å². The van der Waals surface area contributed by atoms with Crippen molar-refractivity contribution in [2.24, 2.45) is 4.99 Å². The molecule has 1 aliphatic carbocycles. The number of amides is 1. The second kappa shape index (κ2) is 3.69. The quantitative estimate of drug-likeness (QED) is 0.617. The van der Waals surface area contributed by atoms with Gasteiger partial charge in [0, 0.05) is 10.9 Å². The van der Waals surface area contributed by atoms with Crippen LogP contribution in [0.2, 0.25) is 0 Å². The number of aliphatic imine (C=N–C) groups is 1. The molecule has 0 aromatic heterocycles. The number of amidine groups is 1. The van der Waals surface area contributed by atoms with Gasteiger partial charge in [-0.05, 0) is 47.6 Å². The largest absolute Gasteiger partial charge is 0.268 e. The van der Waals surface area contributed by atoms with Gasteiger partial charge in [-0.25, -0.2) is 4.99 Å². The first-order chi connectivity index (χ1) is 11.3. The van der Waals surface area contributed by atoms with Crippen molar-refractivity contribution in [3.63, 3.8) is 0 Å². The number of fused-ring (bicyclic) bond motifs is 4. The zero-order valence-electron chi connectivity index (χ0n) is 12.3. The van der Waals surface area contributed by atoms with E-state index in [4.69, 9.17) is 4.99 Å². The van der Waals surface area contributed by atoms with Crippen molar-refractivity contribution >= 4 is 33.9 Å². The summed E-state index contributed by atoms with van der Waals surface area (Å²) in [6, 6.07) is 16.3. The van der Waals surface area contributed by atoms with Crippen molar-refractivity contribution in [1.82, 2.24) is 0 Å². The van der Waals surface area contributed by atoms with Crippen LogP contribution in [0.5, 0.6) is 0 Å². The number of hydrogen-bond acceptors (Lipinski definition) is 2. The minimum Gasteiger partial charge on any atom is -0.268 e. The van der Waals surface area contributed by atoms with Crippen molar-refractivity contribution in [2.45, 2.75) is 12.8 Å². The summed E-state index contributed by atoms with van der Waals surface area (Å²) in [4.78, 5) is 19.6. The van der Waals surface area contributed by atoms with Gasteiger partial charge in [-0.15, -0.1) is 0 Å². The molecule has 2 aliphatic heterocycles. The molecule has 1 amide bonds. The Hall–Kier alpha value is -2.94. The van der Waals surface area contributed by atoms with Crippen LogP contribution < -0.4 is 4.90 Å². The lowest BCUT2D eigenvalue weighted by molar-refractivity contribution is 0.101. The van der Waals surface area contributed by atoms with E-state index in [2.05, 4.69) is 24.3 Å². The van der Waals surface area contributed by atoms with Gasteiger partial charge in [0.1, 0.15) is 5.84 Å². The second-order valence-corrected chi connectivity index (χ2v) is 6.36. The molecule has 3 aliphatic rings. The average Bonchev–Trinajstić information content (AvgIpc) is 3.14. The van der Waals surface area contributed by atoms with Crippen molar-refractivity contribution in [1.29, 1.82) is 0 Å². The zero-order chi connectivity index (χ0) is 15.1. The number of anilines is 1. The number of aryl methyl sites for hydroxylation is 2. The molecule has 23 heavy (non-hydrogen) atoms. The number of hydrogen-bond donors (Lipinski definition) is 0. The third kappa shape index (κ3) is 1.23. The van der Waals surface area contributed by atoms with Crippen LogP contribution >= 0.6 is 0 Å². The van der Waals surface area contributed by atoms with Crippen molar-refractivity contribution < 1.29 is 4.79 Å². The Bertz CT molecular complexity index is 1080. The van der Waals surface area contributed by atoms with E-state index >= 15 is 0 Å². The molecular weight excluding hydrogens is 284 g/mol. The molecule has 0 saturated carbocycles. The lowest BCUT2D eigenvalue weighted by Gasteiger charge is -2.25. The molecule has 3 aromatic rings. The summed E-state index contributed by atoms with van der Waals surface area (Å²) in [5.41, 5.74) is 6.39. The maximum Gasteiger partial charge on any atom is 0.264 e. The number of carbonyl (C=O) groups is 1. The minimum atomic E-state index is 0.0312. The highest BCUT2D eigenvalue weighted by atomic mass is 16.2. The van der Waals surface area contributed by atoms with Gasteiger partial charge in [-0.3, -0.25) is 9.69 Å². The van der Waals surface area contributed by atoms with Crippen molar-refractivity contribution in [3.05, 3.63) is 70.8 Å². The normalized spacial score (nSPS) is 16.6. The SMILES string of the molecule is O=C1c2ccccc2C2=Nc3ccc4c5c(ccc(c35)N12)CC4. The van der Waals surface area contributed by atoms with Crippen LogP contribution in [0.15, 0.2) is 53.5 Å². The summed E-state index contributed by atoms with van der Waals surface area (Å²) in [6.45, 7) is 0. The third-order valence-electron chi connectivity index (χ3n) is 5.23. The van der Waals surface area contributed by atoms with Crippen molar-refractivity contribution in [2.75, 3.05) is 4.90 Å².